The van der Waals surface area contributed by atoms with Crippen LogP contribution in [0.4, 0.5) is 0 Å². The highest BCUT2D eigenvalue weighted by atomic mass is 35.5. The molecule has 1 amide bonds. The van der Waals surface area contributed by atoms with Crippen LogP contribution in [-0.2, 0) is 16.2 Å². The Morgan fingerprint density at radius 2 is 2.00 bits per heavy atom. The molecule has 0 spiro atoms. The lowest BCUT2D eigenvalue weighted by atomic mass is 9.98. The van der Waals surface area contributed by atoms with E-state index in [0.717, 1.165) is 11.3 Å². The second-order valence-corrected chi connectivity index (χ2v) is 5.81. The summed E-state index contributed by atoms with van der Waals surface area (Å²) in [7, 11) is 6.51. The van der Waals surface area contributed by atoms with E-state index in [2.05, 4.69) is 5.16 Å². The van der Waals surface area contributed by atoms with Crippen molar-refractivity contribution in [3.05, 3.63) is 53.8 Å². The summed E-state index contributed by atoms with van der Waals surface area (Å²) >= 11 is 0. The number of methoxy groups -OCH3 is 1. The molecule has 1 aromatic carbocycles. The van der Waals surface area contributed by atoms with Crippen LogP contribution in [0, 0.1) is 0 Å². The number of ether oxygens (including phenoxy) is 1. The van der Waals surface area contributed by atoms with Crippen molar-refractivity contribution in [2.45, 2.75) is 12.3 Å². The van der Waals surface area contributed by atoms with Crippen LogP contribution in [0.2, 0.25) is 0 Å². The molecule has 0 saturated carbocycles. The number of carbonyl (C=O) groups excluding carboxylic acids is 1. The number of aliphatic hydroxyl groups is 1. The van der Waals surface area contributed by atoms with E-state index in [4.69, 9.17) is 9.57 Å². The Bertz CT molecular complexity index is 701. The number of amides is 1. The second-order valence-electron chi connectivity index (χ2n) is 5.81. The molecule has 1 aliphatic heterocycles. The van der Waals surface area contributed by atoms with Crippen LogP contribution in [-0.4, -0.2) is 61.0 Å². The van der Waals surface area contributed by atoms with E-state index < -0.39 is 5.72 Å². The van der Waals surface area contributed by atoms with Crippen LogP contribution in [0.1, 0.15) is 5.56 Å². The van der Waals surface area contributed by atoms with Gasteiger partial charge in [0.15, 0.2) is 0 Å². The summed E-state index contributed by atoms with van der Waals surface area (Å²) in [5.41, 5.74) is -0.572. The fourth-order valence-electron chi connectivity index (χ4n) is 2.27. The monoisotopic (exact) mass is 381 g/mol. The van der Waals surface area contributed by atoms with Gasteiger partial charge in [-0.3, -0.25) is 4.79 Å². The van der Waals surface area contributed by atoms with Crippen LogP contribution < -0.4 is 4.74 Å². The van der Waals surface area contributed by atoms with E-state index in [9.17, 15) is 9.90 Å². The zero-order valence-corrected chi connectivity index (χ0v) is 16.1. The molecule has 0 bridgehead atoms. The maximum atomic E-state index is 12.3. The maximum Gasteiger partial charge on any atom is 0.254 e. The van der Waals surface area contributed by atoms with Crippen molar-refractivity contribution in [1.82, 2.24) is 9.80 Å². The highest BCUT2D eigenvalue weighted by Gasteiger charge is 2.39. The summed E-state index contributed by atoms with van der Waals surface area (Å²) in [6.07, 6.45) is 6.13. The third-order valence-corrected chi connectivity index (χ3v) is 3.84. The van der Waals surface area contributed by atoms with Crippen LogP contribution in [0.25, 0.3) is 0 Å². The van der Waals surface area contributed by atoms with Crippen LogP contribution >= 0.6 is 12.4 Å². The predicted molar refractivity (Wildman–Crippen MR) is 102 cm³/mol. The number of oxime groups is 1. The van der Waals surface area contributed by atoms with E-state index in [0.29, 0.717) is 0 Å². The second kappa shape index (κ2) is 9.26. The average molecular weight is 382 g/mol. The summed E-state index contributed by atoms with van der Waals surface area (Å²) in [5, 5.41) is 14.8. The highest BCUT2D eigenvalue weighted by molar-refractivity contribution is 6.00. The first-order valence-electron chi connectivity index (χ1n) is 7.74. The molecule has 1 aliphatic rings. The number of nitrogens with zero attached hydrogens (tertiary/aromatic N) is 3. The number of benzene rings is 1. The molecule has 1 N–H and O–H groups in total. The largest absolute Gasteiger partial charge is 0.497 e. The van der Waals surface area contributed by atoms with Crippen molar-refractivity contribution in [2.75, 3.05) is 28.3 Å². The first-order valence-corrected chi connectivity index (χ1v) is 7.74. The molecule has 2 rings (SSSR count). The molecule has 7 nitrogen and oxygen atoms in total. The number of carbonyl (C=O) groups is 1. The third-order valence-electron chi connectivity index (χ3n) is 3.84. The van der Waals surface area contributed by atoms with E-state index in [1.165, 1.54) is 16.0 Å². The standard InChI is InChI=1S/C18H23N3O4.ClH/c1-20(2)17(22)16-6-5-11-21(3)18(16,23)13-19-25-12-14-7-9-15(24-4)10-8-14;/h5-11,13,23H,12H2,1-4H3;1H. The van der Waals surface area contributed by atoms with Crippen molar-refractivity contribution < 1.29 is 19.5 Å². The summed E-state index contributed by atoms with van der Waals surface area (Å²) in [6.45, 7) is 0.233. The lowest BCUT2D eigenvalue weighted by Crippen LogP contribution is -2.52. The number of likely N-dealkylation sites (N-methyl/N-ethyl adjacent to an activating group) is 2. The number of rotatable bonds is 6. The minimum absolute atomic E-state index is 0. The van der Waals surface area contributed by atoms with Crippen molar-refractivity contribution in [1.29, 1.82) is 0 Å². The van der Waals surface area contributed by atoms with Crippen LogP contribution in [0.15, 0.2) is 53.3 Å². The predicted octanol–water partition coefficient (Wildman–Crippen LogP) is 1.78. The summed E-state index contributed by atoms with van der Waals surface area (Å²) in [5.74, 6) is 0.453. The molecule has 1 unspecified atom stereocenters. The number of hydrogen-bond donors (Lipinski definition) is 1. The molecule has 1 heterocycles. The van der Waals surface area contributed by atoms with Gasteiger partial charge in [-0.25, -0.2) is 0 Å². The zero-order valence-electron chi connectivity index (χ0n) is 15.2. The van der Waals surface area contributed by atoms with E-state index in [-0.39, 0.29) is 30.5 Å². The van der Waals surface area contributed by atoms with Gasteiger partial charge < -0.3 is 24.5 Å². The lowest BCUT2D eigenvalue weighted by Gasteiger charge is -2.37. The SMILES string of the molecule is COc1ccc(CON=CC2(O)C(C(=O)N(C)C)=CC=CN2C)cc1.Cl. The topological polar surface area (TPSA) is 74.6 Å². The summed E-state index contributed by atoms with van der Waals surface area (Å²) in [4.78, 5) is 20.4. The van der Waals surface area contributed by atoms with Crippen LogP contribution in [0.3, 0.4) is 0 Å². The van der Waals surface area contributed by atoms with Gasteiger partial charge in [0.2, 0.25) is 5.72 Å². The highest BCUT2D eigenvalue weighted by Crippen LogP contribution is 2.25. The molecule has 142 valence electrons. The van der Waals surface area contributed by atoms with Crippen molar-refractivity contribution >= 4 is 24.5 Å². The van der Waals surface area contributed by atoms with E-state index in [1.54, 1.807) is 46.6 Å². The van der Waals surface area contributed by atoms with Gasteiger partial charge >= 0.3 is 0 Å². The number of hydrogen-bond acceptors (Lipinski definition) is 6. The molecule has 8 heteroatoms. The van der Waals surface area contributed by atoms with Gasteiger partial charge in [0.1, 0.15) is 18.6 Å². The molecular weight excluding hydrogens is 358 g/mol. The van der Waals surface area contributed by atoms with Gasteiger partial charge in [0, 0.05) is 27.3 Å². The number of halogens is 1. The Balaban J connectivity index is 0.00000338. The molecule has 0 radical (unpaired) electrons. The zero-order chi connectivity index (χ0) is 18.4. The first-order chi connectivity index (χ1) is 11.9. The summed E-state index contributed by atoms with van der Waals surface area (Å²) < 4.78 is 5.10. The van der Waals surface area contributed by atoms with Gasteiger partial charge in [-0.2, -0.15) is 0 Å². The van der Waals surface area contributed by atoms with Gasteiger partial charge in [0.05, 0.1) is 12.7 Å². The minimum atomic E-state index is -1.67. The summed E-state index contributed by atoms with van der Waals surface area (Å²) in [6, 6.07) is 7.37. The Labute approximate surface area is 159 Å². The molecular formula is C18H24ClN3O4. The minimum Gasteiger partial charge on any atom is -0.497 e. The van der Waals surface area contributed by atoms with Gasteiger partial charge in [-0.15, -0.1) is 12.4 Å². The molecule has 0 fully saturated rings. The van der Waals surface area contributed by atoms with Gasteiger partial charge in [-0.1, -0.05) is 17.3 Å². The quantitative estimate of drug-likeness (QED) is 0.600. The van der Waals surface area contributed by atoms with E-state index >= 15 is 0 Å². The average Bonchev–Trinajstić information content (AvgIpc) is 2.61. The fourth-order valence-corrected chi connectivity index (χ4v) is 2.27. The normalized spacial score (nSPS) is 19.0. The number of allylic oxidation sites excluding steroid dienone is 2. The Kier molecular flexibility index (Phi) is 7.67. The third kappa shape index (κ3) is 4.77. The molecule has 0 aromatic heterocycles. The van der Waals surface area contributed by atoms with Crippen molar-refractivity contribution in [3.8, 4) is 5.75 Å². The van der Waals surface area contributed by atoms with Crippen LogP contribution in [0.5, 0.6) is 5.75 Å². The van der Waals surface area contributed by atoms with Gasteiger partial charge in [-0.05, 0) is 29.8 Å². The van der Waals surface area contributed by atoms with Gasteiger partial charge in [0.25, 0.3) is 5.91 Å². The smallest absolute Gasteiger partial charge is 0.254 e. The molecule has 26 heavy (non-hydrogen) atoms. The molecule has 1 atom stereocenters. The Hall–Kier alpha value is -2.51. The fraction of sp³-hybridized carbons (Fsp3) is 0.333. The Morgan fingerprint density at radius 3 is 2.58 bits per heavy atom. The van der Waals surface area contributed by atoms with Crippen molar-refractivity contribution in [3.63, 3.8) is 0 Å². The lowest BCUT2D eigenvalue weighted by molar-refractivity contribution is -0.127. The van der Waals surface area contributed by atoms with E-state index in [1.807, 2.05) is 24.3 Å². The molecule has 0 aliphatic carbocycles. The first kappa shape index (κ1) is 21.5. The molecule has 0 saturated heterocycles. The Morgan fingerprint density at radius 1 is 1.35 bits per heavy atom. The van der Waals surface area contributed by atoms with Crippen molar-refractivity contribution in [2.24, 2.45) is 5.16 Å². The maximum absolute atomic E-state index is 12.3. The molecule has 1 aromatic rings.